The van der Waals surface area contributed by atoms with Crippen molar-refractivity contribution in [1.82, 2.24) is 15.5 Å². The fourth-order valence-electron chi connectivity index (χ4n) is 3.49. The van der Waals surface area contributed by atoms with Crippen molar-refractivity contribution in [3.05, 3.63) is 54.0 Å². The Hall–Kier alpha value is -2.47. The Balaban J connectivity index is 1.57. The number of furan rings is 1. The van der Waals surface area contributed by atoms with E-state index in [1.165, 1.54) is 24.1 Å². The van der Waals surface area contributed by atoms with Gasteiger partial charge >= 0.3 is 0 Å². The van der Waals surface area contributed by atoms with Crippen LogP contribution in [0.5, 0.6) is 0 Å². The molecule has 2 heterocycles. The molecule has 1 aliphatic heterocycles. The Bertz CT molecular complexity index is 720. The quantitative estimate of drug-likeness (QED) is 0.581. The van der Waals surface area contributed by atoms with Gasteiger partial charge in [-0.25, -0.2) is 0 Å². The van der Waals surface area contributed by atoms with Crippen molar-refractivity contribution in [2.45, 2.75) is 25.4 Å². The number of nitrogens with zero attached hydrogens (tertiary/aromatic N) is 3. The van der Waals surface area contributed by atoms with Crippen molar-refractivity contribution in [3.8, 4) is 0 Å². The van der Waals surface area contributed by atoms with Gasteiger partial charge in [-0.2, -0.15) is 0 Å². The molecule has 146 valence electrons. The van der Waals surface area contributed by atoms with Crippen molar-refractivity contribution in [2.24, 2.45) is 4.99 Å². The van der Waals surface area contributed by atoms with E-state index in [2.05, 4.69) is 69.9 Å². The minimum absolute atomic E-state index is 0.234. The molecule has 6 heteroatoms. The largest absolute Gasteiger partial charge is 0.468 e. The summed E-state index contributed by atoms with van der Waals surface area (Å²) < 4.78 is 5.69. The summed E-state index contributed by atoms with van der Waals surface area (Å²) in [5, 5.41) is 6.88. The predicted molar refractivity (Wildman–Crippen MR) is 111 cm³/mol. The van der Waals surface area contributed by atoms with E-state index < -0.39 is 0 Å². The van der Waals surface area contributed by atoms with E-state index in [1.807, 2.05) is 13.1 Å². The Kier molecular flexibility index (Phi) is 6.76. The number of aliphatic imine (C=N–C) groups is 1. The first-order valence-corrected chi connectivity index (χ1v) is 9.65. The molecule has 6 nitrogen and oxygen atoms in total. The van der Waals surface area contributed by atoms with Gasteiger partial charge in [0.15, 0.2) is 5.96 Å². The summed E-state index contributed by atoms with van der Waals surface area (Å²) in [5.74, 6) is 1.82. The van der Waals surface area contributed by atoms with Crippen LogP contribution in [-0.2, 0) is 6.54 Å². The maximum atomic E-state index is 5.69. The molecule has 1 aromatic heterocycles. The van der Waals surface area contributed by atoms with Crippen LogP contribution in [0.3, 0.4) is 0 Å². The Morgan fingerprint density at radius 1 is 1.19 bits per heavy atom. The van der Waals surface area contributed by atoms with Crippen molar-refractivity contribution < 1.29 is 4.42 Å². The lowest BCUT2D eigenvalue weighted by atomic mass is 10.2. The first-order valence-electron chi connectivity index (χ1n) is 9.65. The monoisotopic (exact) mass is 369 g/mol. The molecule has 1 unspecified atom stereocenters. The number of hydrogen-bond donors (Lipinski definition) is 2. The third-order valence-electron chi connectivity index (χ3n) is 5.03. The van der Waals surface area contributed by atoms with E-state index in [1.54, 1.807) is 6.26 Å². The molecule has 3 rings (SSSR count). The van der Waals surface area contributed by atoms with Crippen LogP contribution in [0.15, 0.2) is 52.1 Å². The molecule has 0 radical (unpaired) electrons. The average molecular weight is 370 g/mol. The molecule has 2 N–H and O–H groups in total. The summed E-state index contributed by atoms with van der Waals surface area (Å²) >= 11 is 0. The highest BCUT2D eigenvalue weighted by atomic mass is 16.3. The second kappa shape index (κ2) is 9.46. The molecule has 1 aromatic carbocycles. The first-order chi connectivity index (χ1) is 13.2. The number of rotatable bonds is 7. The van der Waals surface area contributed by atoms with Crippen LogP contribution >= 0.6 is 0 Å². The molecule has 2 aromatic rings. The van der Waals surface area contributed by atoms with Gasteiger partial charge in [0.2, 0.25) is 0 Å². The average Bonchev–Trinajstić information content (AvgIpc) is 3.39. The smallest absolute Gasteiger partial charge is 0.191 e. The second-order valence-corrected chi connectivity index (χ2v) is 7.15. The van der Waals surface area contributed by atoms with Crippen LogP contribution in [-0.4, -0.2) is 51.6 Å². The summed E-state index contributed by atoms with van der Waals surface area (Å²) in [4.78, 5) is 8.97. The maximum Gasteiger partial charge on any atom is 0.191 e. The van der Waals surface area contributed by atoms with E-state index >= 15 is 0 Å². The Morgan fingerprint density at radius 2 is 2.00 bits per heavy atom. The van der Waals surface area contributed by atoms with Crippen LogP contribution in [0.1, 0.15) is 30.2 Å². The molecule has 27 heavy (non-hydrogen) atoms. The lowest BCUT2D eigenvalue weighted by molar-refractivity contribution is 0.215. The molecule has 1 atom stereocenters. The van der Waals surface area contributed by atoms with Gasteiger partial charge in [-0.3, -0.25) is 9.89 Å². The van der Waals surface area contributed by atoms with Gasteiger partial charge in [-0.1, -0.05) is 12.1 Å². The van der Waals surface area contributed by atoms with Gasteiger partial charge in [0.1, 0.15) is 5.76 Å². The lowest BCUT2D eigenvalue weighted by Gasteiger charge is -2.26. The van der Waals surface area contributed by atoms with E-state index in [-0.39, 0.29) is 6.04 Å². The van der Waals surface area contributed by atoms with Gasteiger partial charge < -0.3 is 20.0 Å². The highest BCUT2D eigenvalue weighted by Gasteiger charge is 2.25. The van der Waals surface area contributed by atoms with E-state index in [9.17, 15) is 0 Å². The zero-order valence-corrected chi connectivity index (χ0v) is 16.6. The van der Waals surface area contributed by atoms with Crippen LogP contribution in [0.25, 0.3) is 0 Å². The Labute approximate surface area is 162 Å². The second-order valence-electron chi connectivity index (χ2n) is 7.15. The van der Waals surface area contributed by atoms with Crippen LogP contribution in [0.2, 0.25) is 0 Å². The fraction of sp³-hybridized carbons (Fsp3) is 0.476. The van der Waals surface area contributed by atoms with Crippen LogP contribution in [0.4, 0.5) is 5.69 Å². The molecule has 0 saturated carbocycles. The third kappa shape index (κ3) is 5.26. The van der Waals surface area contributed by atoms with E-state index in [0.717, 1.165) is 37.9 Å². The number of nitrogens with one attached hydrogen (secondary N) is 2. The summed E-state index contributed by atoms with van der Waals surface area (Å²) in [6, 6.07) is 12.8. The minimum atomic E-state index is 0.234. The normalized spacial score (nSPS) is 16.3. The molecule has 0 bridgehead atoms. The zero-order chi connectivity index (χ0) is 19.1. The van der Waals surface area contributed by atoms with Crippen molar-refractivity contribution in [1.29, 1.82) is 0 Å². The molecule has 1 fully saturated rings. The summed E-state index contributed by atoms with van der Waals surface area (Å²) in [5.41, 5.74) is 2.43. The number of hydrogen-bond acceptors (Lipinski definition) is 4. The zero-order valence-electron chi connectivity index (χ0n) is 16.6. The fourth-order valence-corrected chi connectivity index (χ4v) is 3.49. The van der Waals surface area contributed by atoms with Gasteiger partial charge in [-0.15, -0.1) is 0 Å². The summed E-state index contributed by atoms with van der Waals surface area (Å²) in [6.07, 6.45) is 4.27. The number of guanidine groups is 1. The molecular weight excluding hydrogens is 338 g/mol. The number of anilines is 1. The molecule has 1 saturated heterocycles. The molecule has 0 spiro atoms. The standard InChI is InChI=1S/C21H31N5O/c1-22-21(23-15-17-8-6-9-18(14-17)25(2)3)24-16-19(20-10-7-13-27-20)26-11-4-5-12-26/h6-10,13-14,19H,4-5,11-12,15-16H2,1-3H3,(H2,22,23,24). The highest BCUT2D eigenvalue weighted by molar-refractivity contribution is 5.79. The van der Waals surface area contributed by atoms with Gasteiger partial charge in [-0.05, 0) is 55.8 Å². The topological polar surface area (TPSA) is 56.0 Å². The summed E-state index contributed by atoms with van der Waals surface area (Å²) in [7, 11) is 5.92. The number of likely N-dealkylation sites (tertiary alicyclic amines) is 1. The van der Waals surface area contributed by atoms with Crippen molar-refractivity contribution in [2.75, 3.05) is 45.7 Å². The van der Waals surface area contributed by atoms with Crippen LogP contribution in [0, 0.1) is 0 Å². The lowest BCUT2D eigenvalue weighted by Crippen LogP contribution is -2.42. The van der Waals surface area contributed by atoms with Crippen molar-refractivity contribution in [3.63, 3.8) is 0 Å². The van der Waals surface area contributed by atoms with Gasteiger partial charge in [0, 0.05) is 39.9 Å². The summed E-state index contributed by atoms with van der Waals surface area (Å²) in [6.45, 7) is 3.74. The van der Waals surface area contributed by atoms with Gasteiger partial charge in [0.05, 0.1) is 12.3 Å². The van der Waals surface area contributed by atoms with E-state index in [0.29, 0.717) is 0 Å². The predicted octanol–water partition coefficient (Wildman–Crippen LogP) is 2.85. The van der Waals surface area contributed by atoms with E-state index in [4.69, 9.17) is 4.42 Å². The molecule has 0 aliphatic carbocycles. The van der Waals surface area contributed by atoms with Gasteiger partial charge in [0.25, 0.3) is 0 Å². The minimum Gasteiger partial charge on any atom is -0.468 e. The SMILES string of the molecule is CN=C(NCc1cccc(N(C)C)c1)NCC(c1ccco1)N1CCCC1. The maximum absolute atomic E-state index is 5.69. The Morgan fingerprint density at radius 3 is 2.67 bits per heavy atom. The van der Waals surface area contributed by atoms with Crippen LogP contribution < -0.4 is 15.5 Å². The molecule has 0 amide bonds. The third-order valence-corrected chi connectivity index (χ3v) is 5.03. The molecule has 1 aliphatic rings. The molecular formula is C21H31N5O. The highest BCUT2D eigenvalue weighted by Crippen LogP contribution is 2.24. The number of benzene rings is 1. The first kappa shape index (κ1) is 19.3. The van der Waals surface area contributed by atoms with Crippen molar-refractivity contribution >= 4 is 11.6 Å².